The molecule has 0 aromatic carbocycles. The molecule has 0 saturated heterocycles. The fourth-order valence-corrected chi connectivity index (χ4v) is 2.66. The van der Waals surface area contributed by atoms with Crippen LogP contribution in [0.5, 0.6) is 0 Å². The van der Waals surface area contributed by atoms with E-state index in [-0.39, 0.29) is 5.56 Å². The van der Waals surface area contributed by atoms with Crippen LogP contribution in [-0.4, -0.2) is 4.57 Å². The highest BCUT2D eigenvalue weighted by Gasteiger charge is 2.03. The van der Waals surface area contributed by atoms with Crippen molar-refractivity contribution >= 4 is 31.9 Å². The molecule has 15 heavy (non-hydrogen) atoms. The third-order valence-corrected chi connectivity index (χ3v) is 3.19. The quantitative estimate of drug-likeness (QED) is 0.819. The maximum Gasteiger partial charge on any atom is 0.264 e. The van der Waals surface area contributed by atoms with Gasteiger partial charge in [-0.2, -0.15) is 0 Å². The third-order valence-electron chi connectivity index (χ3n) is 2.19. The van der Waals surface area contributed by atoms with Gasteiger partial charge < -0.3 is 4.57 Å². The smallest absolute Gasteiger partial charge is 0.264 e. The van der Waals surface area contributed by atoms with E-state index in [0.29, 0.717) is 10.4 Å². The maximum atomic E-state index is 11.7. The first-order valence-corrected chi connectivity index (χ1v) is 6.65. The lowest BCUT2D eigenvalue weighted by Crippen LogP contribution is -2.20. The molecule has 0 aliphatic carbocycles. The van der Waals surface area contributed by atoms with Crippen LogP contribution in [0, 0.1) is 5.92 Å². The molecule has 0 aliphatic rings. The predicted octanol–water partition coefficient (Wildman–Crippen LogP) is 3.81. The molecular formula is C11H15Br2NO. The molecule has 0 bridgehead atoms. The lowest BCUT2D eigenvalue weighted by molar-refractivity contribution is 0.505. The molecule has 0 aliphatic heterocycles. The van der Waals surface area contributed by atoms with E-state index in [0.717, 1.165) is 23.9 Å². The van der Waals surface area contributed by atoms with Crippen molar-refractivity contribution in [2.24, 2.45) is 5.92 Å². The van der Waals surface area contributed by atoms with Crippen molar-refractivity contribution in [3.05, 3.63) is 31.6 Å². The van der Waals surface area contributed by atoms with Gasteiger partial charge in [0, 0.05) is 17.2 Å². The van der Waals surface area contributed by atoms with Gasteiger partial charge >= 0.3 is 0 Å². The van der Waals surface area contributed by atoms with Crippen LogP contribution in [0.15, 0.2) is 26.0 Å². The molecule has 0 N–H and O–H groups in total. The zero-order chi connectivity index (χ0) is 11.4. The van der Waals surface area contributed by atoms with E-state index < -0.39 is 0 Å². The summed E-state index contributed by atoms with van der Waals surface area (Å²) in [6, 6.07) is 1.78. The Balaban J connectivity index is 2.73. The van der Waals surface area contributed by atoms with Crippen molar-refractivity contribution in [1.29, 1.82) is 0 Å². The van der Waals surface area contributed by atoms with Crippen molar-refractivity contribution in [1.82, 2.24) is 4.57 Å². The first-order valence-electron chi connectivity index (χ1n) is 5.06. The second kappa shape index (κ2) is 5.85. The zero-order valence-electron chi connectivity index (χ0n) is 8.96. The second-order valence-corrected chi connectivity index (χ2v) is 5.81. The monoisotopic (exact) mass is 335 g/mol. The fraction of sp³-hybridized carbons (Fsp3) is 0.545. The number of aryl methyl sites for hydroxylation is 1. The minimum Gasteiger partial charge on any atom is -0.313 e. The van der Waals surface area contributed by atoms with Crippen molar-refractivity contribution in [3.8, 4) is 0 Å². The Morgan fingerprint density at radius 3 is 2.67 bits per heavy atom. The Hall–Kier alpha value is -0.0900. The summed E-state index contributed by atoms with van der Waals surface area (Å²) in [6.07, 6.45) is 4.03. The highest BCUT2D eigenvalue weighted by molar-refractivity contribution is 9.11. The summed E-state index contributed by atoms with van der Waals surface area (Å²) in [4.78, 5) is 11.7. The fourth-order valence-electron chi connectivity index (χ4n) is 1.40. The van der Waals surface area contributed by atoms with Crippen molar-refractivity contribution in [2.75, 3.05) is 0 Å². The summed E-state index contributed by atoms with van der Waals surface area (Å²) in [5.74, 6) is 0.691. The lowest BCUT2D eigenvalue weighted by Gasteiger charge is -2.08. The van der Waals surface area contributed by atoms with Gasteiger partial charge in [-0.15, -0.1) is 0 Å². The molecule has 1 rings (SSSR count). The lowest BCUT2D eigenvalue weighted by atomic mass is 10.1. The van der Waals surface area contributed by atoms with E-state index in [9.17, 15) is 4.79 Å². The van der Waals surface area contributed by atoms with Crippen LogP contribution in [0.3, 0.4) is 0 Å². The van der Waals surface area contributed by atoms with Crippen molar-refractivity contribution < 1.29 is 0 Å². The number of halogens is 2. The van der Waals surface area contributed by atoms with Gasteiger partial charge in [0.2, 0.25) is 0 Å². The highest BCUT2D eigenvalue weighted by Crippen LogP contribution is 2.13. The van der Waals surface area contributed by atoms with Gasteiger partial charge in [0.1, 0.15) is 0 Å². The topological polar surface area (TPSA) is 22.0 Å². The SMILES string of the molecule is CC(C)CCCn1cc(Br)cc(Br)c1=O. The maximum absolute atomic E-state index is 11.7. The van der Waals surface area contributed by atoms with E-state index in [1.807, 2.05) is 6.20 Å². The first kappa shape index (κ1) is 13.0. The average Bonchev–Trinajstić information content (AvgIpc) is 2.12. The molecular weight excluding hydrogens is 322 g/mol. The van der Waals surface area contributed by atoms with Crippen LogP contribution < -0.4 is 5.56 Å². The summed E-state index contributed by atoms with van der Waals surface area (Å²) in [7, 11) is 0. The number of aromatic nitrogens is 1. The second-order valence-electron chi connectivity index (χ2n) is 4.04. The summed E-state index contributed by atoms with van der Waals surface area (Å²) in [5.41, 5.74) is 0.0435. The number of rotatable bonds is 4. The normalized spacial score (nSPS) is 11.0. The number of pyridine rings is 1. The first-order chi connectivity index (χ1) is 7.00. The van der Waals surface area contributed by atoms with Gasteiger partial charge in [0.25, 0.3) is 5.56 Å². The van der Waals surface area contributed by atoms with Gasteiger partial charge in [0.15, 0.2) is 0 Å². The third kappa shape index (κ3) is 4.11. The van der Waals surface area contributed by atoms with E-state index in [1.54, 1.807) is 10.6 Å². The minimum atomic E-state index is 0.0435. The van der Waals surface area contributed by atoms with Crippen molar-refractivity contribution in [3.63, 3.8) is 0 Å². The molecule has 0 radical (unpaired) electrons. The predicted molar refractivity (Wildman–Crippen MR) is 70.2 cm³/mol. The van der Waals surface area contributed by atoms with E-state index in [4.69, 9.17) is 0 Å². The summed E-state index contributed by atoms with van der Waals surface area (Å²) >= 11 is 6.63. The van der Waals surface area contributed by atoms with Crippen LogP contribution in [-0.2, 0) is 6.54 Å². The molecule has 4 heteroatoms. The van der Waals surface area contributed by atoms with E-state index in [2.05, 4.69) is 45.7 Å². The summed E-state index contributed by atoms with van der Waals surface area (Å²) < 4.78 is 3.29. The molecule has 0 atom stereocenters. The Labute approximate surface area is 107 Å². The molecule has 1 aromatic heterocycles. The van der Waals surface area contributed by atoms with Crippen molar-refractivity contribution in [2.45, 2.75) is 33.2 Å². The largest absolute Gasteiger partial charge is 0.313 e. The van der Waals surface area contributed by atoms with Gasteiger partial charge in [-0.1, -0.05) is 13.8 Å². The van der Waals surface area contributed by atoms with Crippen LogP contribution in [0.2, 0.25) is 0 Å². The van der Waals surface area contributed by atoms with Gasteiger partial charge in [-0.25, -0.2) is 0 Å². The molecule has 2 nitrogen and oxygen atoms in total. The molecule has 84 valence electrons. The summed E-state index contributed by atoms with van der Waals surface area (Å²) in [5, 5.41) is 0. The Bertz CT molecular complexity index is 385. The van der Waals surface area contributed by atoms with Crippen LogP contribution >= 0.6 is 31.9 Å². The van der Waals surface area contributed by atoms with E-state index in [1.165, 1.54) is 0 Å². The minimum absolute atomic E-state index is 0.0435. The average molecular weight is 337 g/mol. The highest BCUT2D eigenvalue weighted by atomic mass is 79.9. The molecule has 1 aromatic rings. The standard InChI is InChI=1S/C11H15Br2NO/c1-8(2)4-3-5-14-7-9(12)6-10(13)11(14)15/h6-8H,3-5H2,1-2H3. The Morgan fingerprint density at radius 2 is 2.07 bits per heavy atom. The van der Waals surface area contributed by atoms with Crippen LogP contribution in [0.1, 0.15) is 26.7 Å². The molecule has 0 saturated carbocycles. The molecule has 1 heterocycles. The van der Waals surface area contributed by atoms with Crippen LogP contribution in [0.25, 0.3) is 0 Å². The Kier molecular flexibility index (Phi) is 5.06. The van der Waals surface area contributed by atoms with Gasteiger partial charge in [0.05, 0.1) is 4.47 Å². The van der Waals surface area contributed by atoms with Crippen LogP contribution in [0.4, 0.5) is 0 Å². The number of hydrogen-bond acceptors (Lipinski definition) is 1. The summed E-state index contributed by atoms with van der Waals surface area (Å²) in [6.45, 7) is 5.17. The van der Waals surface area contributed by atoms with Gasteiger partial charge in [-0.05, 0) is 56.7 Å². The van der Waals surface area contributed by atoms with E-state index >= 15 is 0 Å². The molecule has 0 spiro atoms. The molecule has 0 amide bonds. The number of nitrogens with zero attached hydrogens (tertiary/aromatic N) is 1. The molecule has 0 fully saturated rings. The number of hydrogen-bond donors (Lipinski definition) is 0. The zero-order valence-corrected chi connectivity index (χ0v) is 12.1. The molecule has 0 unspecified atom stereocenters. The Morgan fingerprint density at radius 1 is 1.40 bits per heavy atom. The van der Waals surface area contributed by atoms with Gasteiger partial charge in [-0.3, -0.25) is 4.79 Å².